The molecule has 1 heterocycles. The standard InChI is InChI=1S/C12H15NO3S/c1-8-6-10(13)2-3-11(8)12(14)9-4-5-17(15,16)7-9/h2-3,6,9H,4-5,7,13H2,1H3. The SMILES string of the molecule is Cc1cc(N)ccc1C(=O)C1CCS(=O)(=O)C1. The van der Waals surface area contributed by atoms with Crippen molar-refractivity contribution in [2.24, 2.45) is 5.92 Å². The van der Waals surface area contributed by atoms with Gasteiger partial charge in [-0.1, -0.05) is 0 Å². The van der Waals surface area contributed by atoms with Crippen LogP contribution in [-0.4, -0.2) is 25.7 Å². The van der Waals surface area contributed by atoms with E-state index in [2.05, 4.69) is 0 Å². The Morgan fingerprint density at radius 1 is 1.41 bits per heavy atom. The van der Waals surface area contributed by atoms with Crippen LogP contribution in [0.3, 0.4) is 0 Å². The van der Waals surface area contributed by atoms with E-state index in [1.54, 1.807) is 18.2 Å². The average Bonchev–Trinajstić information content (AvgIpc) is 2.58. The zero-order valence-corrected chi connectivity index (χ0v) is 10.5. The van der Waals surface area contributed by atoms with Gasteiger partial charge in [0.2, 0.25) is 0 Å². The summed E-state index contributed by atoms with van der Waals surface area (Å²) < 4.78 is 22.7. The van der Waals surface area contributed by atoms with E-state index in [1.807, 2.05) is 6.92 Å². The van der Waals surface area contributed by atoms with E-state index >= 15 is 0 Å². The Kier molecular flexibility index (Phi) is 2.95. The third-order valence-corrected chi connectivity index (χ3v) is 4.89. The van der Waals surface area contributed by atoms with Crippen molar-refractivity contribution in [3.63, 3.8) is 0 Å². The van der Waals surface area contributed by atoms with Crippen LogP contribution in [0.2, 0.25) is 0 Å². The zero-order chi connectivity index (χ0) is 12.6. The molecule has 1 fully saturated rings. The maximum atomic E-state index is 12.2. The van der Waals surface area contributed by atoms with Crippen LogP contribution in [0.4, 0.5) is 5.69 Å². The van der Waals surface area contributed by atoms with Crippen LogP contribution in [0.15, 0.2) is 18.2 Å². The molecular formula is C12H15NO3S. The average molecular weight is 253 g/mol. The van der Waals surface area contributed by atoms with Gasteiger partial charge in [-0.2, -0.15) is 0 Å². The van der Waals surface area contributed by atoms with Crippen LogP contribution in [0.5, 0.6) is 0 Å². The van der Waals surface area contributed by atoms with Crippen LogP contribution in [0.1, 0.15) is 22.3 Å². The van der Waals surface area contributed by atoms with Gasteiger partial charge in [0.25, 0.3) is 0 Å². The molecular weight excluding hydrogens is 238 g/mol. The summed E-state index contributed by atoms with van der Waals surface area (Å²) in [5.74, 6) is -0.363. The molecule has 1 atom stereocenters. The fourth-order valence-corrected chi connectivity index (χ4v) is 3.93. The monoisotopic (exact) mass is 253 g/mol. The Balaban J connectivity index is 2.27. The van der Waals surface area contributed by atoms with E-state index in [0.29, 0.717) is 17.7 Å². The van der Waals surface area contributed by atoms with Gasteiger partial charge in [0.15, 0.2) is 15.6 Å². The Labute approximate surface area is 101 Å². The van der Waals surface area contributed by atoms with Gasteiger partial charge in [-0.25, -0.2) is 8.42 Å². The molecule has 4 nitrogen and oxygen atoms in total. The molecule has 0 radical (unpaired) electrons. The first-order valence-electron chi connectivity index (χ1n) is 5.50. The number of ketones is 1. The Hall–Kier alpha value is -1.36. The minimum atomic E-state index is -3.02. The lowest BCUT2D eigenvalue weighted by molar-refractivity contribution is 0.0932. The number of carbonyl (C=O) groups excluding carboxylic acids is 1. The van der Waals surface area contributed by atoms with Crippen molar-refractivity contribution >= 4 is 21.3 Å². The molecule has 1 aliphatic heterocycles. The van der Waals surface area contributed by atoms with Gasteiger partial charge in [0.1, 0.15) is 0 Å². The van der Waals surface area contributed by atoms with Crippen molar-refractivity contribution in [1.82, 2.24) is 0 Å². The predicted molar refractivity (Wildman–Crippen MR) is 66.7 cm³/mol. The van der Waals surface area contributed by atoms with Gasteiger partial charge in [-0.3, -0.25) is 4.79 Å². The van der Waals surface area contributed by atoms with E-state index in [0.717, 1.165) is 5.56 Å². The normalized spacial score (nSPS) is 22.5. The highest BCUT2D eigenvalue weighted by Gasteiger charge is 2.33. The number of aryl methyl sites for hydroxylation is 1. The van der Waals surface area contributed by atoms with Crippen molar-refractivity contribution in [2.75, 3.05) is 17.2 Å². The van der Waals surface area contributed by atoms with E-state index < -0.39 is 9.84 Å². The quantitative estimate of drug-likeness (QED) is 0.634. The van der Waals surface area contributed by atoms with Crippen LogP contribution in [-0.2, 0) is 9.84 Å². The molecule has 0 aliphatic carbocycles. The maximum Gasteiger partial charge on any atom is 0.167 e. The molecule has 5 heteroatoms. The van der Waals surface area contributed by atoms with E-state index in [-0.39, 0.29) is 23.2 Å². The molecule has 0 aromatic heterocycles. The van der Waals surface area contributed by atoms with Crippen molar-refractivity contribution in [1.29, 1.82) is 0 Å². The topological polar surface area (TPSA) is 77.2 Å². The molecule has 2 rings (SSSR count). The summed E-state index contributed by atoms with van der Waals surface area (Å²) in [5.41, 5.74) is 7.62. The molecule has 0 saturated carbocycles. The number of hydrogen-bond acceptors (Lipinski definition) is 4. The maximum absolute atomic E-state index is 12.2. The lowest BCUT2D eigenvalue weighted by Crippen LogP contribution is -2.17. The highest BCUT2D eigenvalue weighted by molar-refractivity contribution is 7.91. The predicted octanol–water partition coefficient (Wildman–Crippen LogP) is 1.19. The molecule has 17 heavy (non-hydrogen) atoms. The molecule has 1 unspecified atom stereocenters. The fourth-order valence-electron chi connectivity index (χ4n) is 2.19. The molecule has 1 aromatic carbocycles. The van der Waals surface area contributed by atoms with Crippen molar-refractivity contribution < 1.29 is 13.2 Å². The lowest BCUT2D eigenvalue weighted by atomic mass is 9.94. The first kappa shape index (κ1) is 12.1. The van der Waals surface area contributed by atoms with Crippen LogP contribution >= 0.6 is 0 Å². The number of sulfone groups is 1. The molecule has 1 aliphatic rings. The van der Waals surface area contributed by atoms with Gasteiger partial charge in [0.05, 0.1) is 11.5 Å². The van der Waals surface area contributed by atoms with Gasteiger partial charge < -0.3 is 5.73 Å². The number of benzene rings is 1. The fraction of sp³-hybridized carbons (Fsp3) is 0.417. The number of anilines is 1. The van der Waals surface area contributed by atoms with E-state index in [4.69, 9.17) is 5.73 Å². The van der Waals surface area contributed by atoms with Crippen LogP contribution in [0, 0.1) is 12.8 Å². The van der Waals surface area contributed by atoms with Crippen molar-refractivity contribution in [3.05, 3.63) is 29.3 Å². The molecule has 1 aromatic rings. The Morgan fingerprint density at radius 3 is 2.65 bits per heavy atom. The first-order valence-corrected chi connectivity index (χ1v) is 7.32. The minimum Gasteiger partial charge on any atom is -0.399 e. The number of nitrogens with two attached hydrogens (primary N) is 1. The third-order valence-electron chi connectivity index (χ3n) is 3.12. The molecule has 1 saturated heterocycles. The number of carbonyl (C=O) groups is 1. The molecule has 0 spiro atoms. The van der Waals surface area contributed by atoms with E-state index in [1.165, 1.54) is 0 Å². The largest absolute Gasteiger partial charge is 0.399 e. The summed E-state index contributed by atoms with van der Waals surface area (Å²) in [6.45, 7) is 1.81. The highest BCUT2D eigenvalue weighted by atomic mass is 32.2. The summed E-state index contributed by atoms with van der Waals surface area (Å²) in [6.07, 6.45) is 0.435. The van der Waals surface area contributed by atoms with Crippen molar-refractivity contribution in [2.45, 2.75) is 13.3 Å². The summed E-state index contributed by atoms with van der Waals surface area (Å²) >= 11 is 0. The number of hydrogen-bond donors (Lipinski definition) is 1. The Morgan fingerprint density at radius 2 is 2.12 bits per heavy atom. The van der Waals surface area contributed by atoms with Gasteiger partial charge in [-0.05, 0) is 37.1 Å². The minimum absolute atomic E-state index is 0.0182. The van der Waals surface area contributed by atoms with Gasteiger partial charge in [-0.15, -0.1) is 0 Å². The third kappa shape index (κ3) is 2.49. The summed E-state index contributed by atoms with van der Waals surface area (Å²) in [4.78, 5) is 12.2. The van der Waals surface area contributed by atoms with Crippen LogP contribution in [0.25, 0.3) is 0 Å². The highest BCUT2D eigenvalue weighted by Crippen LogP contribution is 2.24. The zero-order valence-electron chi connectivity index (χ0n) is 9.64. The summed E-state index contributed by atoms with van der Waals surface area (Å²) in [5, 5.41) is 0. The smallest absolute Gasteiger partial charge is 0.167 e. The van der Waals surface area contributed by atoms with Crippen LogP contribution < -0.4 is 5.73 Å². The second-order valence-corrected chi connectivity index (χ2v) is 6.77. The lowest BCUT2D eigenvalue weighted by Gasteiger charge is -2.09. The summed E-state index contributed by atoms with van der Waals surface area (Å²) in [6, 6.07) is 5.08. The first-order chi connectivity index (χ1) is 7.89. The second-order valence-electron chi connectivity index (χ2n) is 4.54. The van der Waals surface area contributed by atoms with E-state index in [9.17, 15) is 13.2 Å². The number of Topliss-reactive ketones (excluding diaryl/α,β-unsaturated/α-hetero) is 1. The Bertz CT molecular complexity index is 563. The number of nitrogen functional groups attached to an aromatic ring is 1. The molecule has 0 bridgehead atoms. The van der Waals surface area contributed by atoms with Crippen molar-refractivity contribution in [3.8, 4) is 0 Å². The van der Waals surface area contributed by atoms with Gasteiger partial charge in [0, 0.05) is 17.2 Å². The molecule has 0 amide bonds. The summed E-state index contributed by atoms with van der Waals surface area (Å²) in [7, 11) is -3.02. The van der Waals surface area contributed by atoms with Gasteiger partial charge >= 0.3 is 0 Å². The number of rotatable bonds is 2. The molecule has 92 valence electrons. The second kappa shape index (κ2) is 4.14. The molecule has 2 N–H and O–H groups in total.